The molecule has 0 aromatic heterocycles. The molecule has 0 unspecified atom stereocenters. The van der Waals surface area contributed by atoms with Crippen LogP contribution in [-0.2, 0) is 0 Å². The van der Waals surface area contributed by atoms with Gasteiger partial charge >= 0.3 is 0 Å². The number of nitrogens with zero attached hydrogens (tertiary/aromatic N) is 1. The van der Waals surface area contributed by atoms with Gasteiger partial charge in [-0.3, -0.25) is 5.14 Å². The second kappa shape index (κ2) is 3.44. The Bertz CT molecular complexity index is 79.1. The molecule has 0 aromatic rings. The van der Waals surface area contributed by atoms with Crippen LogP contribution in [0.3, 0.4) is 0 Å². The predicted molar refractivity (Wildman–Crippen MR) is 42.3 cm³/mol. The third-order valence-corrected chi connectivity index (χ3v) is 2.71. The Morgan fingerprint density at radius 2 is 2.00 bits per heavy atom. The van der Waals surface area contributed by atoms with Crippen LogP contribution in [0, 0.1) is 0 Å². The summed E-state index contributed by atoms with van der Waals surface area (Å²) in [7, 11) is 2.16. The van der Waals surface area contributed by atoms with Crippen molar-refractivity contribution in [3.63, 3.8) is 0 Å². The summed E-state index contributed by atoms with van der Waals surface area (Å²) in [6.07, 6.45) is 2.52. The van der Waals surface area contributed by atoms with Crippen molar-refractivity contribution in [2.45, 2.75) is 18.1 Å². The number of rotatable bonds is 1. The van der Waals surface area contributed by atoms with Crippen LogP contribution in [0.4, 0.5) is 0 Å². The van der Waals surface area contributed by atoms with E-state index in [1.807, 2.05) is 0 Å². The van der Waals surface area contributed by atoms with Crippen LogP contribution in [0.15, 0.2) is 0 Å². The van der Waals surface area contributed by atoms with E-state index >= 15 is 0 Å². The zero-order valence-electron chi connectivity index (χ0n) is 5.84. The van der Waals surface area contributed by atoms with Crippen molar-refractivity contribution in [1.29, 1.82) is 0 Å². The molecule has 9 heavy (non-hydrogen) atoms. The number of hydrogen-bond donors (Lipinski definition) is 1. The van der Waals surface area contributed by atoms with Gasteiger partial charge < -0.3 is 4.90 Å². The summed E-state index contributed by atoms with van der Waals surface area (Å²) < 4.78 is 0. The number of nitrogens with two attached hydrogens (primary N) is 1. The number of hydrogen-bond acceptors (Lipinski definition) is 3. The monoisotopic (exact) mass is 146 g/mol. The molecule has 0 spiro atoms. The van der Waals surface area contributed by atoms with E-state index in [0.29, 0.717) is 0 Å². The van der Waals surface area contributed by atoms with Crippen LogP contribution in [0.1, 0.15) is 12.8 Å². The fraction of sp³-hybridized carbons (Fsp3) is 1.00. The summed E-state index contributed by atoms with van der Waals surface area (Å²) >= 11 is 1.52. The topological polar surface area (TPSA) is 29.3 Å². The Labute approximate surface area is 60.9 Å². The van der Waals surface area contributed by atoms with Gasteiger partial charge in [-0.25, -0.2) is 0 Å². The molecule has 1 aliphatic heterocycles. The smallest absolute Gasteiger partial charge is 0.0215 e. The third kappa shape index (κ3) is 2.16. The lowest BCUT2D eigenvalue weighted by Gasteiger charge is -2.26. The van der Waals surface area contributed by atoms with E-state index in [1.54, 1.807) is 0 Å². The summed E-state index contributed by atoms with van der Waals surface area (Å²) in [5.41, 5.74) is 0. The van der Waals surface area contributed by atoms with E-state index in [-0.39, 0.29) is 0 Å². The fourth-order valence-electron chi connectivity index (χ4n) is 1.12. The van der Waals surface area contributed by atoms with Gasteiger partial charge in [0.15, 0.2) is 0 Å². The molecule has 1 aliphatic rings. The first-order valence-electron chi connectivity index (χ1n) is 3.37. The van der Waals surface area contributed by atoms with Gasteiger partial charge in [-0.15, -0.1) is 0 Å². The second-order valence-corrected chi connectivity index (χ2v) is 3.58. The quantitative estimate of drug-likeness (QED) is 0.552. The molecule has 3 heteroatoms. The van der Waals surface area contributed by atoms with Crippen molar-refractivity contribution in [2.24, 2.45) is 5.14 Å². The summed E-state index contributed by atoms with van der Waals surface area (Å²) in [6.45, 7) is 2.43. The lowest BCUT2D eigenvalue weighted by atomic mass is 10.1. The molecule has 0 saturated carbocycles. The third-order valence-electron chi connectivity index (χ3n) is 1.86. The highest BCUT2D eigenvalue weighted by atomic mass is 32.2. The van der Waals surface area contributed by atoms with Gasteiger partial charge in [0.2, 0.25) is 0 Å². The van der Waals surface area contributed by atoms with Gasteiger partial charge in [-0.2, -0.15) is 0 Å². The maximum Gasteiger partial charge on any atom is 0.0215 e. The lowest BCUT2D eigenvalue weighted by molar-refractivity contribution is 0.282. The van der Waals surface area contributed by atoms with Crippen molar-refractivity contribution < 1.29 is 0 Å². The van der Waals surface area contributed by atoms with Gasteiger partial charge in [0, 0.05) is 5.25 Å². The van der Waals surface area contributed by atoms with E-state index in [9.17, 15) is 0 Å². The molecule has 54 valence electrons. The minimum atomic E-state index is 0.723. The average molecular weight is 146 g/mol. The van der Waals surface area contributed by atoms with E-state index in [0.717, 1.165) is 5.25 Å². The summed E-state index contributed by atoms with van der Waals surface area (Å²) in [4.78, 5) is 2.35. The second-order valence-electron chi connectivity index (χ2n) is 2.64. The van der Waals surface area contributed by atoms with Crippen LogP contribution >= 0.6 is 11.9 Å². The summed E-state index contributed by atoms with van der Waals surface area (Å²) in [5, 5.41) is 6.17. The van der Waals surface area contributed by atoms with Crippen LogP contribution in [0.5, 0.6) is 0 Å². The van der Waals surface area contributed by atoms with E-state index < -0.39 is 0 Å². The van der Waals surface area contributed by atoms with Gasteiger partial charge in [0.25, 0.3) is 0 Å². The Hall–Kier alpha value is 0.270. The molecular weight excluding hydrogens is 132 g/mol. The van der Waals surface area contributed by atoms with Crippen molar-refractivity contribution in [2.75, 3.05) is 20.1 Å². The molecule has 0 radical (unpaired) electrons. The van der Waals surface area contributed by atoms with E-state index in [2.05, 4.69) is 11.9 Å². The normalized spacial score (nSPS) is 24.7. The van der Waals surface area contributed by atoms with Crippen LogP contribution in [0.2, 0.25) is 0 Å². The van der Waals surface area contributed by atoms with Crippen molar-refractivity contribution >= 4 is 11.9 Å². The first-order chi connectivity index (χ1) is 4.33. The fourth-order valence-corrected chi connectivity index (χ4v) is 1.60. The summed E-state index contributed by atoms with van der Waals surface area (Å²) in [6, 6.07) is 0. The molecule has 0 atom stereocenters. The molecule has 1 saturated heterocycles. The number of likely N-dealkylation sites (tertiary alicyclic amines) is 1. The van der Waals surface area contributed by atoms with E-state index in [4.69, 9.17) is 5.14 Å². The molecule has 0 amide bonds. The van der Waals surface area contributed by atoms with Gasteiger partial charge in [-0.05, 0) is 33.0 Å². The molecule has 0 aliphatic carbocycles. The Balaban J connectivity index is 2.18. The zero-order valence-corrected chi connectivity index (χ0v) is 6.66. The Morgan fingerprint density at radius 1 is 1.44 bits per heavy atom. The molecule has 2 nitrogen and oxygen atoms in total. The van der Waals surface area contributed by atoms with E-state index in [1.165, 1.54) is 37.9 Å². The van der Waals surface area contributed by atoms with Crippen molar-refractivity contribution in [1.82, 2.24) is 4.90 Å². The largest absolute Gasteiger partial charge is 0.306 e. The average Bonchev–Trinajstić information content (AvgIpc) is 1.90. The van der Waals surface area contributed by atoms with Crippen molar-refractivity contribution in [3.05, 3.63) is 0 Å². The highest BCUT2D eigenvalue weighted by molar-refractivity contribution is 7.97. The maximum atomic E-state index is 5.45. The maximum absolute atomic E-state index is 5.45. The first-order valence-corrected chi connectivity index (χ1v) is 4.31. The molecule has 0 bridgehead atoms. The van der Waals surface area contributed by atoms with Gasteiger partial charge in [-0.1, -0.05) is 11.9 Å². The molecule has 1 rings (SSSR count). The minimum absolute atomic E-state index is 0.723. The van der Waals surface area contributed by atoms with Crippen molar-refractivity contribution in [3.8, 4) is 0 Å². The Morgan fingerprint density at radius 3 is 2.44 bits per heavy atom. The molecular formula is C6H14N2S. The highest BCUT2D eigenvalue weighted by Gasteiger charge is 2.14. The number of piperidine rings is 1. The molecule has 1 heterocycles. The molecule has 0 aromatic carbocycles. The van der Waals surface area contributed by atoms with Crippen LogP contribution in [-0.4, -0.2) is 30.3 Å². The predicted octanol–water partition coefficient (Wildman–Crippen LogP) is 0.688. The zero-order chi connectivity index (χ0) is 6.69. The Kier molecular flexibility index (Phi) is 2.82. The van der Waals surface area contributed by atoms with Gasteiger partial charge in [0.1, 0.15) is 0 Å². The van der Waals surface area contributed by atoms with Gasteiger partial charge in [0.05, 0.1) is 0 Å². The van der Waals surface area contributed by atoms with Crippen LogP contribution in [0.25, 0.3) is 0 Å². The lowest BCUT2D eigenvalue weighted by Crippen LogP contribution is -2.31. The first kappa shape index (κ1) is 7.38. The molecule has 2 N–H and O–H groups in total. The highest BCUT2D eigenvalue weighted by Crippen LogP contribution is 2.17. The minimum Gasteiger partial charge on any atom is -0.306 e. The molecule has 1 fully saturated rings. The SMILES string of the molecule is CN1CCC(SN)CC1. The van der Waals surface area contributed by atoms with Crippen LogP contribution < -0.4 is 5.14 Å². The standard InChI is InChI=1S/C6H14N2S/c1-8-4-2-6(9-7)3-5-8/h6H,2-5,7H2,1H3. The summed E-state index contributed by atoms with van der Waals surface area (Å²) in [5.74, 6) is 0.